The molecule has 0 unspecified atom stereocenters. The maximum Gasteiger partial charge on any atom is 0.206 e. The van der Waals surface area contributed by atoms with Crippen molar-refractivity contribution in [2.75, 3.05) is 11.9 Å². The molecule has 2 aromatic heterocycles. The second kappa shape index (κ2) is 7.14. The van der Waals surface area contributed by atoms with Crippen LogP contribution in [0.3, 0.4) is 0 Å². The first kappa shape index (κ1) is 16.0. The van der Waals surface area contributed by atoms with Crippen molar-refractivity contribution >= 4 is 28.2 Å². The van der Waals surface area contributed by atoms with Crippen molar-refractivity contribution in [3.63, 3.8) is 0 Å². The van der Waals surface area contributed by atoms with Crippen LogP contribution < -0.4 is 5.32 Å². The van der Waals surface area contributed by atoms with Gasteiger partial charge >= 0.3 is 0 Å². The van der Waals surface area contributed by atoms with Gasteiger partial charge in [0.15, 0.2) is 4.34 Å². The highest BCUT2D eigenvalue weighted by Gasteiger charge is 2.06. The molecule has 0 aliphatic heterocycles. The van der Waals surface area contributed by atoms with E-state index >= 15 is 0 Å². The number of nitrogens with zero attached hydrogens (tertiary/aromatic N) is 4. The lowest BCUT2D eigenvalue weighted by Crippen LogP contribution is -1.98. The largest absolute Gasteiger partial charge is 0.360 e. The van der Waals surface area contributed by atoms with Gasteiger partial charge in [-0.15, -0.1) is 10.2 Å². The number of aryl methyl sites for hydroxylation is 2. The molecule has 3 aromatic rings. The first-order valence-corrected chi connectivity index (χ1v) is 9.28. The van der Waals surface area contributed by atoms with Crippen molar-refractivity contribution in [3.8, 4) is 5.69 Å². The molecule has 3 rings (SSSR count). The fourth-order valence-electron chi connectivity index (χ4n) is 2.26. The van der Waals surface area contributed by atoms with Gasteiger partial charge in [-0.3, -0.25) is 0 Å². The summed E-state index contributed by atoms with van der Waals surface area (Å²) in [6, 6.07) is 10.6. The molecular formula is C16H19N5S2. The Morgan fingerprint density at radius 3 is 2.61 bits per heavy atom. The number of benzene rings is 1. The molecule has 0 aliphatic carbocycles. The Labute approximate surface area is 144 Å². The van der Waals surface area contributed by atoms with Crippen LogP contribution in [0, 0.1) is 13.8 Å². The van der Waals surface area contributed by atoms with Gasteiger partial charge in [-0.05, 0) is 44.5 Å². The number of aromatic nitrogens is 4. The fourth-order valence-corrected chi connectivity index (χ4v) is 4.04. The molecule has 5 nitrogen and oxygen atoms in total. The van der Waals surface area contributed by atoms with E-state index in [1.165, 1.54) is 5.56 Å². The van der Waals surface area contributed by atoms with E-state index in [1.807, 2.05) is 11.6 Å². The number of anilines is 1. The average Bonchev–Trinajstić information content (AvgIpc) is 3.12. The predicted molar refractivity (Wildman–Crippen MR) is 96.7 cm³/mol. The molecule has 0 atom stereocenters. The summed E-state index contributed by atoms with van der Waals surface area (Å²) in [5.41, 5.74) is 4.54. The van der Waals surface area contributed by atoms with Crippen LogP contribution in [0.2, 0.25) is 0 Å². The Balaban J connectivity index is 1.64. The molecule has 0 radical (unpaired) electrons. The van der Waals surface area contributed by atoms with Crippen LogP contribution in [0.25, 0.3) is 5.69 Å². The summed E-state index contributed by atoms with van der Waals surface area (Å²) >= 11 is 3.31. The molecule has 0 saturated carbocycles. The summed E-state index contributed by atoms with van der Waals surface area (Å²) in [5.74, 6) is 0.887. The maximum absolute atomic E-state index is 4.51. The van der Waals surface area contributed by atoms with Crippen LogP contribution in [0.4, 0.5) is 5.13 Å². The van der Waals surface area contributed by atoms with Crippen molar-refractivity contribution in [2.24, 2.45) is 0 Å². The van der Waals surface area contributed by atoms with Crippen LogP contribution in [-0.2, 0) is 5.75 Å². The lowest BCUT2D eigenvalue weighted by atomic mass is 10.2. The van der Waals surface area contributed by atoms with Crippen molar-refractivity contribution in [3.05, 3.63) is 47.3 Å². The van der Waals surface area contributed by atoms with E-state index in [-0.39, 0.29) is 0 Å². The van der Waals surface area contributed by atoms with Gasteiger partial charge in [-0.1, -0.05) is 35.2 Å². The summed E-state index contributed by atoms with van der Waals surface area (Å²) in [7, 11) is 0. The minimum absolute atomic E-state index is 0.868. The molecular weight excluding hydrogens is 326 g/mol. The van der Waals surface area contributed by atoms with E-state index < -0.39 is 0 Å². The van der Waals surface area contributed by atoms with Crippen LogP contribution in [-0.4, -0.2) is 26.5 Å². The first-order valence-electron chi connectivity index (χ1n) is 7.48. The molecule has 0 amide bonds. The summed E-state index contributed by atoms with van der Waals surface area (Å²) in [6.07, 6.45) is 0. The first-order chi connectivity index (χ1) is 11.2. The van der Waals surface area contributed by atoms with Crippen LogP contribution in [0.5, 0.6) is 0 Å². The number of hydrogen-bond donors (Lipinski definition) is 1. The molecule has 0 saturated heterocycles. The van der Waals surface area contributed by atoms with Gasteiger partial charge in [0.25, 0.3) is 0 Å². The summed E-state index contributed by atoms with van der Waals surface area (Å²) in [6.45, 7) is 7.00. The molecule has 1 N–H and O–H groups in total. The summed E-state index contributed by atoms with van der Waals surface area (Å²) in [5, 5.41) is 16.9. The standard InChI is InChI=1S/C16H19N5S2/c1-4-17-15-18-19-16(23-15)22-10-13-5-7-14(8-6-13)21-12(3)9-11(2)20-21/h5-9H,4,10H2,1-3H3,(H,17,18). The normalized spacial score (nSPS) is 10.9. The molecule has 2 heterocycles. The quantitative estimate of drug-likeness (QED) is 0.683. The summed E-state index contributed by atoms with van der Waals surface area (Å²) in [4.78, 5) is 0. The molecule has 1 aromatic carbocycles. The van der Waals surface area contributed by atoms with Crippen LogP contribution in [0.1, 0.15) is 23.9 Å². The van der Waals surface area contributed by atoms with E-state index in [2.05, 4.69) is 64.8 Å². The van der Waals surface area contributed by atoms with Gasteiger partial charge in [-0.2, -0.15) is 5.10 Å². The second-order valence-corrected chi connectivity index (χ2v) is 7.40. The van der Waals surface area contributed by atoms with Crippen molar-refractivity contribution in [1.82, 2.24) is 20.0 Å². The smallest absolute Gasteiger partial charge is 0.206 e. The van der Waals surface area contributed by atoms with Crippen molar-refractivity contribution in [2.45, 2.75) is 30.9 Å². The molecule has 0 aliphatic rings. The average molecular weight is 345 g/mol. The third-order valence-electron chi connectivity index (χ3n) is 3.29. The Morgan fingerprint density at radius 1 is 1.17 bits per heavy atom. The second-order valence-electron chi connectivity index (χ2n) is 5.20. The number of hydrogen-bond acceptors (Lipinski definition) is 6. The third-order valence-corrected chi connectivity index (χ3v) is 5.37. The summed E-state index contributed by atoms with van der Waals surface area (Å²) < 4.78 is 2.96. The van der Waals surface area contributed by atoms with E-state index in [9.17, 15) is 0 Å². The minimum atomic E-state index is 0.868. The molecule has 0 fully saturated rings. The van der Waals surface area contributed by atoms with Gasteiger partial charge in [0.2, 0.25) is 5.13 Å². The Kier molecular flexibility index (Phi) is 4.97. The molecule has 23 heavy (non-hydrogen) atoms. The minimum Gasteiger partial charge on any atom is -0.360 e. The zero-order valence-corrected chi connectivity index (χ0v) is 15.0. The van der Waals surface area contributed by atoms with Gasteiger partial charge < -0.3 is 5.32 Å². The highest BCUT2D eigenvalue weighted by Crippen LogP contribution is 2.28. The van der Waals surface area contributed by atoms with Gasteiger partial charge in [-0.25, -0.2) is 4.68 Å². The van der Waals surface area contributed by atoms with Crippen LogP contribution in [0.15, 0.2) is 34.7 Å². The lowest BCUT2D eigenvalue weighted by Gasteiger charge is -2.05. The lowest BCUT2D eigenvalue weighted by molar-refractivity contribution is 0.833. The van der Waals surface area contributed by atoms with Gasteiger partial charge in [0.05, 0.1) is 11.4 Å². The van der Waals surface area contributed by atoms with E-state index in [0.29, 0.717) is 0 Å². The third kappa shape index (κ3) is 3.92. The Morgan fingerprint density at radius 2 is 1.96 bits per heavy atom. The molecule has 0 spiro atoms. The number of nitrogens with one attached hydrogen (secondary N) is 1. The maximum atomic E-state index is 4.51. The zero-order chi connectivity index (χ0) is 16.2. The Bertz CT molecular complexity index is 776. The van der Waals surface area contributed by atoms with Crippen molar-refractivity contribution < 1.29 is 0 Å². The topological polar surface area (TPSA) is 55.6 Å². The predicted octanol–water partition coefficient (Wildman–Crippen LogP) is 4.06. The number of rotatable bonds is 6. The van der Waals surface area contributed by atoms with Crippen molar-refractivity contribution in [1.29, 1.82) is 0 Å². The molecule has 120 valence electrons. The van der Waals surface area contributed by atoms with E-state index in [4.69, 9.17) is 0 Å². The highest BCUT2D eigenvalue weighted by molar-refractivity contribution is 8.00. The molecule has 0 bridgehead atoms. The zero-order valence-electron chi connectivity index (χ0n) is 13.4. The van der Waals surface area contributed by atoms with Crippen LogP contribution >= 0.6 is 23.1 Å². The monoisotopic (exact) mass is 345 g/mol. The van der Waals surface area contributed by atoms with E-state index in [0.717, 1.165) is 38.8 Å². The van der Waals surface area contributed by atoms with E-state index in [1.54, 1.807) is 23.1 Å². The highest BCUT2D eigenvalue weighted by atomic mass is 32.2. The van der Waals surface area contributed by atoms with Gasteiger partial charge in [0, 0.05) is 18.0 Å². The van der Waals surface area contributed by atoms with Gasteiger partial charge in [0.1, 0.15) is 0 Å². The SMILES string of the molecule is CCNc1nnc(SCc2ccc(-n3nc(C)cc3C)cc2)s1. The molecule has 7 heteroatoms. The fraction of sp³-hybridized carbons (Fsp3) is 0.312. The Hall–Kier alpha value is -1.86. The number of thioether (sulfide) groups is 1.